The molecular weight excluding hydrogens is 358 g/mol. The molecule has 6 nitrogen and oxygen atoms in total. The van der Waals surface area contributed by atoms with Gasteiger partial charge in [0, 0.05) is 16.5 Å². The number of nitrogens with one attached hydrogen (secondary N) is 1. The summed E-state index contributed by atoms with van der Waals surface area (Å²) >= 11 is 1.58. The van der Waals surface area contributed by atoms with Crippen LogP contribution in [0.4, 0.5) is 0 Å². The fourth-order valence-electron chi connectivity index (χ4n) is 3.35. The van der Waals surface area contributed by atoms with E-state index in [0.717, 1.165) is 36.1 Å². The highest BCUT2D eigenvalue weighted by Gasteiger charge is 2.22. The Labute approximate surface area is 161 Å². The molecule has 0 aliphatic heterocycles. The summed E-state index contributed by atoms with van der Waals surface area (Å²) in [5.41, 5.74) is 1.30. The van der Waals surface area contributed by atoms with Gasteiger partial charge in [0.1, 0.15) is 5.70 Å². The predicted molar refractivity (Wildman–Crippen MR) is 107 cm³/mol. The third kappa shape index (κ3) is 4.14. The van der Waals surface area contributed by atoms with E-state index in [1.165, 1.54) is 11.1 Å². The van der Waals surface area contributed by atoms with Crippen LogP contribution in [-0.2, 0) is 4.79 Å². The number of rotatable bonds is 5. The van der Waals surface area contributed by atoms with Crippen molar-refractivity contribution in [2.24, 2.45) is 0 Å². The van der Waals surface area contributed by atoms with E-state index in [2.05, 4.69) is 20.8 Å². The molecule has 1 N–H and O–H groups in total. The molecule has 4 rings (SSSR count). The molecule has 1 aromatic carbocycles. The number of nitrogens with zero attached hydrogens (tertiary/aromatic N) is 4. The van der Waals surface area contributed by atoms with E-state index in [9.17, 15) is 4.79 Å². The molecule has 3 aromatic rings. The maximum atomic E-state index is 13.1. The minimum absolute atomic E-state index is 0.139. The average Bonchev–Trinajstić information content (AvgIpc) is 3.39. The van der Waals surface area contributed by atoms with Crippen LogP contribution >= 0.6 is 11.3 Å². The van der Waals surface area contributed by atoms with Crippen molar-refractivity contribution in [1.29, 1.82) is 0 Å². The van der Waals surface area contributed by atoms with E-state index in [1.54, 1.807) is 11.3 Å². The standard InChI is InChI=1S/C20H21N5OS/c26-20(21-16-10-5-2-6-11-16)18(14-17-12-7-13-27-17)25-19(22-23-24-25)15-8-3-1-4-9-15/h1,3-4,7-9,12-14,16H,2,5-6,10-11H2,(H,21,26)/b18-14-. The Balaban J connectivity index is 1.69. The Bertz CT molecular complexity index is 911. The smallest absolute Gasteiger partial charge is 0.270 e. The number of tetrazole rings is 1. The van der Waals surface area contributed by atoms with Gasteiger partial charge >= 0.3 is 0 Å². The molecule has 1 fully saturated rings. The van der Waals surface area contributed by atoms with Crippen LogP contribution in [0.25, 0.3) is 23.2 Å². The summed E-state index contributed by atoms with van der Waals surface area (Å²) in [7, 11) is 0. The summed E-state index contributed by atoms with van der Waals surface area (Å²) in [6, 6.07) is 13.8. The molecule has 1 aliphatic carbocycles. The largest absolute Gasteiger partial charge is 0.348 e. The maximum Gasteiger partial charge on any atom is 0.270 e. The number of amides is 1. The summed E-state index contributed by atoms with van der Waals surface area (Å²) < 4.78 is 1.53. The van der Waals surface area contributed by atoms with Crippen LogP contribution in [0.15, 0.2) is 47.8 Å². The SMILES string of the molecule is O=C(NC1CCCCC1)/C(=C/c1cccs1)n1nnnc1-c1ccccc1. The lowest BCUT2D eigenvalue weighted by Gasteiger charge is -2.23. The molecule has 0 atom stereocenters. The average molecular weight is 379 g/mol. The highest BCUT2D eigenvalue weighted by atomic mass is 32.1. The Kier molecular flexibility index (Phi) is 5.39. The summed E-state index contributed by atoms with van der Waals surface area (Å²) in [4.78, 5) is 14.1. The predicted octanol–water partition coefficient (Wildman–Crippen LogP) is 3.85. The highest BCUT2D eigenvalue weighted by molar-refractivity contribution is 7.10. The number of benzene rings is 1. The molecule has 1 amide bonds. The van der Waals surface area contributed by atoms with Gasteiger partial charge < -0.3 is 5.32 Å². The van der Waals surface area contributed by atoms with Crippen LogP contribution < -0.4 is 5.32 Å². The summed E-state index contributed by atoms with van der Waals surface area (Å²) in [6.45, 7) is 0. The van der Waals surface area contributed by atoms with Gasteiger partial charge in [0.2, 0.25) is 0 Å². The van der Waals surface area contributed by atoms with Crippen molar-refractivity contribution >= 4 is 29.0 Å². The summed E-state index contributed by atoms with van der Waals surface area (Å²) in [5, 5.41) is 17.3. The molecule has 138 valence electrons. The van der Waals surface area contributed by atoms with E-state index in [1.807, 2.05) is 53.9 Å². The number of aromatic nitrogens is 4. The number of thiophene rings is 1. The van der Waals surface area contributed by atoms with E-state index in [0.29, 0.717) is 11.5 Å². The van der Waals surface area contributed by atoms with Crippen LogP contribution in [0, 0.1) is 0 Å². The van der Waals surface area contributed by atoms with Gasteiger partial charge in [-0.25, -0.2) is 0 Å². The first-order chi connectivity index (χ1) is 13.3. The van der Waals surface area contributed by atoms with Gasteiger partial charge in [0.05, 0.1) is 0 Å². The molecule has 27 heavy (non-hydrogen) atoms. The Morgan fingerprint density at radius 3 is 2.67 bits per heavy atom. The van der Waals surface area contributed by atoms with Gasteiger partial charge in [0.15, 0.2) is 5.82 Å². The third-order valence-corrected chi connectivity index (χ3v) is 5.54. The van der Waals surface area contributed by atoms with Crippen molar-refractivity contribution in [1.82, 2.24) is 25.5 Å². The van der Waals surface area contributed by atoms with Crippen LogP contribution in [0.5, 0.6) is 0 Å². The van der Waals surface area contributed by atoms with Crippen molar-refractivity contribution < 1.29 is 4.79 Å². The number of carbonyl (C=O) groups excluding carboxylic acids is 1. The zero-order chi connectivity index (χ0) is 18.5. The molecule has 0 saturated heterocycles. The zero-order valence-corrected chi connectivity index (χ0v) is 15.7. The van der Waals surface area contributed by atoms with Gasteiger partial charge in [-0.05, 0) is 40.8 Å². The normalized spacial score (nSPS) is 15.6. The van der Waals surface area contributed by atoms with Crippen molar-refractivity contribution in [2.45, 2.75) is 38.1 Å². The molecule has 0 spiro atoms. The third-order valence-electron chi connectivity index (χ3n) is 4.72. The second-order valence-corrected chi connectivity index (χ2v) is 7.61. The lowest BCUT2D eigenvalue weighted by Crippen LogP contribution is -2.37. The Hall–Kier alpha value is -2.80. The first-order valence-electron chi connectivity index (χ1n) is 9.21. The molecule has 2 aromatic heterocycles. The molecular formula is C20H21N5OS. The summed E-state index contributed by atoms with van der Waals surface area (Å²) in [6.07, 6.45) is 7.48. The molecule has 7 heteroatoms. The summed E-state index contributed by atoms with van der Waals surface area (Å²) in [5.74, 6) is 0.414. The monoisotopic (exact) mass is 379 g/mol. The minimum atomic E-state index is -0.139. The van der Waals surface area contributed by atoms with E-state index >= 15 is 0 Å². The first-order valence-corrected chi connectivity index (χ1v) is 10.1. The molecule has 2 heterocycles. The van der Waals surface area contributed by atoms with Gasteiger partial charge in [-0.3, -0.25) is 4.79 Å². The zero-order valence-electron chi connectivity index (χ0n) is 14.9. The Morgan fingerprint density at radius 1 is 1.11 bits per heavy atom. The molecule has 0 radical (unpaired) electrons. The lowest BCUT2D eigenvalue weighted by atomic mass is 9.95. The van der Waals surface area contributed by atoms with Crippen molar-refractivity contribution in [3.8, 4) is 11.4 Å². The second kappa shape index (κ2) is 8.26. The van der Waals surface area contributed by atoms with Gasteiger partial charge in [0.25, 0.3) is 5.91 Å². The lowest BCUT2D eigenvalue weighted by molar-refractivity contribution is -0.116. The van der Waals surface area contributed by atoms with Gasteiger partial charge in [-0.1, -0.05) is 55.7 Å². The molecule has 0 unspecified atom stereocenters. The van der Waals surface area contributed by atoms with E-state index in [-0.39, 0.29) is 11.9 Å². The van der Waals surface area contributed by atoms with Crippen LogP contribution in [-0.4, -0.2) is 32.2 Å². The number of hydrogen-bond donors (Lipinski definition) is 1. The first kappa shape index (κ1) is 17.6. The number of hydrogen-bond acceptors (Lipinski definition) is 5. The van der Waals surface area contributed by atoms with Gasteiger partial charge in [-0.15, -0.1) is 16.4 Å². The number of carbonyl (C=O) groups is 1. The second-order valence-electron chi connectivity index (χ2n) is 6.63. The molecule has 0 bridgehead atoms. The van der Waals surface area contributed by atoms with E-state index in [4.69, 9.17) is 0 Å². The van der Waals surface area contributed by atoms with Crippen molar-refractivity contribution in [3.05, 3.63) is 52.7 Å². The quantitative estimate of drug-likeness (QED) is 0.684. The van der Waals surface area contributed by atoms with Crippen LogP contribution in [0.2, 0.25) is 0 Å². The van der Waals surface area contributed by atoms with Crippen molar-refractivity contribution in [2.75, 3.05) is 0 Å². The maximum absolute atomic E-state index is 13.1. The van der Waals surface area contributed by atoms with E-state index < -0.39 is 0 Å². The fourth-order valence-corrected chi connectivity index (χ4v) is 4.00. The fraction of sp³-hybridized carbons (Fsp3) is 0.300. The topological polar surface area (TPSA) is 72.7 Å². The highest BCUT2D eigenvalue weighted by Crippen LogP contribution is 2.23. The minimum Gasteiger partial charge on any atom is -0.348 e. The molecule has 1 aliphatic rings. The van der Waals surface area contributed by atoms with Crippen molar-refractivity contribution in [3.63, 3.8) is 0 Å². The Morgan fingerprint density at radius 2 is 1.93 bits per heavy atom. The van der Waals surface area contributed by atoms with Gasteiger partial charge in [-0.2, -0.15) is 4.68 Å². The molecule has 1 saturated carbocycles. The van der Waals surface area contributed by atoms with Crippen LogP contribution in [0.1, 0.15) is 37.0 Å². The van der Waals surface area contributed by atoms with Crippen LogP contribution in [0.3, 0.4) is 0 Å².